The zero-order valence-electron chi connectivity index (χ0n) is 16.2. The van der Waals surface area contributed by atoms with Crippen molar-refractivity contribution < 1.29 is 27.4 Å². The predicted octanol–water partition coefficient (Wildman–Crippen LogP) is 3.23. The van der Waals surface area contributed by atoms with Gasteiger partial charge in [0.05, 0.1) is 12.7 Å². The van der Waals surface area contributed by atoms with Gasteiger partial charge in [0.2, 0.25) is 5.82 Å². The van der Waals surface area contributed by atoms with E-state index in [2.05, 4.69) is 19.7 Å². The summed E-state index contributed by atoms with van der Waals surface area (Å²) >= 11 is 1.14. The number of esters is 1. The molecule has 1 aromatic carbocycles. The molecule has 1 saturated heterocycles. The number of piperidine rings is 1. The van der Waals surface area contributed by atoms with Crippen molar-refractivity contribution in [3.8, 4) is 5.75 Å². The lowest BCUT2D eigenvalue weighted by Crippen LogP contribution is -2.38. The van der Waals surface area contributed by atoms with E-state index in [1.165, 1.54) is 25.3 Å². The molecule has 3 aromatic rings. The minimum Gasteiger partial charge on any atom is -0.490 e. The van der Waals surface area contributed by atoms with Crippen LogP contribution in [0.1, 0.15) is 29.0 Å². The maximum atomic E-state index is 13.2. The standard InChI is InChI=1S/C19H17F3N4O4S/c1-29-17(28)15-23-14-13(16(27)24-15)31-18(25-14)26-8-6-10(7-9-26)30-12-5-3-2-4-11(12)19(20,21)22/h2-5,10H,6-9H2,1H3,(H,23,24,27). The monoisotopic (exact) mass is 454 g/mol. The minimum atomic E-state index is -4.48. The number of H-pyrrole nitrogens is 1. The first-order valence-electron chi connectivity index (χ1n) is 9.33. The number of thiazole rings is 1. The number of halogens is 3. The first kappa shape index (κ1) is 21.1. The van der Waals surface area contributed by atoms with Gasteiger partial charge < -0.3 is 14.4 Å². The second-order valence-corrected chi connectivity index (χ2v) is 7.83. The number of aromatic amines is 1. The number of nitrogens with one attached hydrogen (secondary N) is 1. The molecule has 12 heteroatoms. The van der Waals surface area contributed by atoms with Crippen LogP contribution in [-0.4, -0.2) is 47.2 Å². The molecule has 1 aliphatic rings. The molecule has 0 aliphatic carbocycles. The first-order chi connectivity index (χ1) is 14.8. The molecule has 0 atom stereocenters. The number of carbonyl (C=O) groups excluding carboxylic acids is 1. The molecule has 1 N–H and O–H groups in total. The lowest BCUT2D eigenvalue weighted by Gasteiger charge is -2.32. The Morgan fingerprint density at radius 2 is 1.94 bits per heavy atom. The summed E-state index contributed by atoms with van der Waals surface area (Å²) in [6, 6.07) is 5.15. The van der Waals surface area contributed by atoms with E-state index in [4.69, 9.17) is 4.74 Å². The second kappa shape index (κ2) is 8.17. The highest BCUT2D eigenvalue weighted by Gasteiger charge is 2.35. The molecule has 0 bridgehead atoms. The summed E-state index contributed by atoms with van der Waals surface area (Å²) in [6.07, 6.45) is -3.89. The number of nitrogens with zero attached hydrogens (tertiary/aromatic N) is 3. The Morgan fingerprint density at radius 3 is 2.61 bits per heavy atom. The lowest BCUT2D eigenvalue weighted by molar-refractivity contribution is -0.139. The molecule has 1 fully saturated rings. The lowest BCUT2D eigenvalue weighted by atomic mass is 10.1. The number of fused-ring (bicyclic) bond motifs is 1. The highest BCUT2D eigenvalue weighted by atomic mass is 32.1. The SMILES string of the molecule is COC(=O)c1nc2nc(N3CCC(Oc4ccccc4C(F)(F)F)CC3)sc2c(=O)[nH]1. The maximum Gasteiger partial charge on any atom is 0.419 e. The number of anilines is 1. The Labute approximate surface area is 177 Å². The normalized spacial score (nSPS) is 15.3. The topological polar surface area (TPSA) is 97.4 Å². The van der Waals surface area contributed by atoms with Crippen LogP contribution in [-0.2, 0) is 10.9 Å². The fourth-order valence-corrected chi connectivity index (χ4v) is 4.25. The van der Waals surface area contributed by atoms with E-state index in [-0.39, 0.29) is 28.0 Å². The number of ether oxygens (including phenoxy) is 2. The zero-order chi connectivity index (χ0) is 22.2. The molecule has 0 unspecified atom stereocenters. The van der Waals surface area contributed by atoms with Gasteiger partial charge in [0.25, 0.3) is 5.56 Å². The molecule has 8 nitrogen and oxygen atoms in total. The highest BCUT2D eigenvalue weighted by Crippen LogP contribution is 2.37. The molecular weight excluding hydrogens is 437 g/mol. The van der Waals surface area contributed by atoms with E-state index in [1.54, 1.807) is 0 Å². The van der Waals surface area contributed by atoms with Gasteiger partial charge in [0, 0.05) is 25.9 Å². The largest absolute Gasteiger partial charge is 0.490 e. The smallest absolute Gasteiger partial charge is 0.419 e. The Morgan fingerprint density at radius 1 is 1.23 bits per heavy atom. The van der Waals surface area contributed by atoms with Crippen LogP contribution < -0.4 is 15.2 Å². The van der Waals surface area contributed by atoms with Gasteiger partial charge >= 0.3 is 12.1 Å². The molecule has 0 saturated carbocycles. The number of alkyl halides is 3. The van der Waals surface area contributed by atoms with Crippen LogP contribution in [0.5, 0.6) is 5.75 Å². The van der Waals surface area contributed by atoms with Crippen LogP contribution in [0, 0.1) is 0 Å². The van der Waals surface area contributed by atoms with E-state index in [1.807, 2.05) is 4.90 Å². The van der Waals surface area contributed by atoms with Gasteiger partial charge in [-0.1, -0.05) is 23.5 Å². The van der Waals surface area contributed by atoms with Crippen LogP contribution in [0.3, 0.4) is 0 Å². The first-order valence-corrected chi connectivity index (χ1v) is 10.1. The van der Waals surface area contributed by atoms with Crippen molar-refractivity contribution in [3.63, 3.8) is 0 Å². The van der Waals surface area contributed by atoms with Crippen LogP contribution in [0.4, 0.5) is 18.3 Å². The number of rotatable bonds is 4. The Bertz CT molecular complexity index is 1170. The third kappa shape index (κ3) is 4.33. The average Bonchev–Trinajstić information content (AvgIpc) is 3.18. The van der Waals surface area contributed by atoms with Crippen molar-refractivity contribution in [2.45, 2.75) is 25.1 Å². The number of hydrogen-bond acceptors (Lipinski definition) is 8. The van der Waals surface area contributed by atoms with Crippen molar-refractivity contribution in [1.29, 1.82) is 0 Å². The van der Waals surface area contributed by atoms with Crippen LogP contribution in [0.15, 0.2) is 29.1 Å². The van der Waals surface area contributed by atoms with Crippen molar-refractivity contribution in [1.82, 2.24) is 15.0 Å². The van der Waals surface area contributed by atoms with Gasteiger partial charge in [0.1, 0.15) is 16.6 Å². The third-order valence-corrected chi connectivity index (χ3v) is 5.94. The van der Waals surface area contributed by atoms with Crippen molar-refractivity contribution in [2.75, 3.05) is 25.1 Å². The van der Waals surface area contributed by atoms with Gasteiger partial charge in [-0.3, -0.25) is 9.78 Å². The third-order valence-electron chi connectivity index (χ3n) is 4.83. The number of aromatic nitrogens is 3. The molecular formula is C19H17F3N4O4S. The summed E-state index contributed by atoms with van der Waals surface area (Å²) in [5.41, 5.74) is -1.15. The molecule has 0 amide bonds. The number of hydrogen-bond donors (Lipinski definition) is 1. The van der Waals surface area contributed by atoms with Crippen molar-refractivity contribution in [2.24, 2.45) is 0 Å². The van der Waals surface area contributed by atoms with Crippen LogP contribution in [0.25, 0.3) is 10.3 Å². The quantitative estimate of drug-likeness (QED) is 0.605. The van der Waals surface area contributed by atoms with Gasteiger partial charge in [-0.25, -0.2) is 9.78 Å². The summed E-state index contributed by atoms with van der Waals surface area (Å²) in [6.45, 7) is 0.973. The summed E-state index contributed by atoms with van der Waals surface area (Å²) in [5.74, 6) is -1.18. The Hall–Kier alpha value is -3.15. The van der Waals surface area contributed by atoms with Gasteiger partial charge in [-0.2, -0.15) is 18.2 Å². The second-order valence-electron chi connectivity index (χ2n) is 6.85. The Kier molecular flexibility index (Phi) is 5.56. The molecule has 1 aliphatic heterocycles. The van der Waals surface area contributed by atoms with Crippen LogP contribution in [0.2, 0.25) is 0 Å². The summed E-state index contributed by atoms with van der Waals surface area (Å²) in [4.78, 5) is 36.5. The van der Waals surface area contributed by atoms with Gasteiger partial charge in [-0.05, 0) is 12.1 Å². The maximum absolute atomic E-state index is 13.2. The molecule has 2 aromatic heterocycles. The minimum absolute atomic E-state index is 0.140. The summed E-state index contributed by atoms with van der Waals surface area (Å²) in [5, 5.41) is 0.546. The fourth-order valence-electron chi connectivity index (χ4n) is 3.30. The molecule has 0 radical (unpaired) electrons. The molecule has 164 valence electrons. The highest BCUT2D eigenvalue weighted by molar-refractivity contribution is 7.22. The summed E-state index contributed by atoms with van der Waals surface area (Å²) in [7, 11) is 1.18. The van der Waals surface area contributed by atoms with Gasteiger partial charge in [-0.15, -0.1) is 0 Å². The summed E-state index contributed by atoms with van der Waals surface area (Å²) < 4.78 is 50.0. The van der Waals surface area contributed by atoms with E-state index >= 15 is 0 Å². The fraction of sp³-hybridized carbons (Fsp3) is 0.368. The predicted molar refractivity (Wildman–Crippen MR) is 107 cm³/mol. The van der Waals surface area contributed by atoms with Crippen LogP contribution >= 0.6 is 11.3 Å². The van der Waals surface area contributed by atoms with E-state index in [0.29, 0.717) is 31.1 Å². The molecule has 4 rings (SSSR count). The number of carbonyl (C=O) groups is 1. The molecule has 0 spiro atoms. The molecule has 31 heavy (non-hydrogen) atoms. The molecule has 3 heterocycles. The van der Waals surface area contributed by atoms with Crippen molar-refractivity contribution >= 4 is 32.8 Å². The van der Waals surface area contributed by atoms with Gasteiger partial charge in [0.15, 0.2) is 10.8 Å². The van der Waals surface area contributed by atoms with E-state index in [9.17, 15) is 22.8 Å². The van der Waals surface area contributed by atoms with E-state index in [0.717, 1.165) is 17.4 Å². The zero-order valence-corrected chi connectivity index (χ0v) is 17.0. The van der Waals surface area contributed by atoms with Crippen molar-refractivity contribution in [3.05, 3.63) is 46.0 Å². The Balaban J connectivity index is 1.47. The van der Waals surface area contributed by atoms with E-state index < -0.39 is 23.3 Å². The average molecular weight is 454 g/mol. The number of para-hydroxylation sites is 1. The number of benzene rings is 1. The number of methoxy groups -OCH3 is 1.